The van der Waals surface area contributed by atoms with Crippen LogP contribution in [-0.2, 0) is 0 Å². The Morgan fingerprint density at radius 1 is 1.20 bits per heavy atom. The predicted octanol–water partition coefficient (Wildman–Crippen LogP) is 4.78. The Morgan fingerprint density at radius 3 is 2.72 bits per heavy atom. The molecular weight excluding hydrogens is 400 g/mol. The smallest absolute Gasteiger partial charge is 0.257 e. The number of pyridine rings is 1. The number of hydrogen-bond donors (Lipinski definition) is 1. The van der Waals surface area contributed by atoms with Gasteiger partial charge < -0.3 is 0 Å². The van der Waals surface area contributed by atoms with Gasteiger partial charge in [0.05, 0.1) is 17.6 Å². The molecule has 0 aliphatic heterocycles. The van der Waals surface area contributed by atoms with Crippen LogP contribution >= 0.6 is 27.3 Å². The molecule has 0 fully saturated rings. The lowest BCUT2D eigenvalue weighted by molar-refractivity contribution is 0.102. The lowest BCUT2D eigenvalue weighted by atomic mass is 10.1. The van der Waals surface area contributed by atoms with Gasteiger partial charge in [0.15, 0.2) is 5.13 Å². The summed E-state index contributed by atoms with van der Waals surface area (Å²) in [6.45, 7) is 1.90. The van der Waals surface area contributed by atoms with Crippen molar-refractivity contribution in [2.24, 2.45) is 0 Å². The van der Waals surface area contributed by atoms with Crippen LogP contribution in [-0.4, -0.2) is 20.3 Å². The van der Waals surface area contributed by atoms with Gasteiger partial charge in [-0.15, -0.1) is 11.3 Å². The van der Waals surface area contributed by atoms with Gasteiger partial charge in [-0.1, -0.05) is 12.1 Å². The average Bonchev–Trinajstić information content (AvgIpc) is 3.20. The van der Waals surface area contributed by atoms with Gasteiger partial charge in [-0.25, -0.2) is 9.97 Å². The second-order valence-electron chi connectivity index (χ2n) is 5.54. The van der Waals surface area contributed by atoms with Crippen LogP contribution in [0.4, 0.5) is 5.13 Å². The fraction of sp³-hybridized carbons (Fsp3) is 0.0556. The minimum Gasteiger partial charge on any atom is -0.299 e. The highest BCUT2D eigenvalue weighted by molar-refractivity contribution is 9.10. The van der Waals surface area contributed by atoms with Crippen LogP contribution in [0.5, 0.6) is 0 Å². The Balaban J connectivity index is 1.61. The molecule has 3 heterocycles. The third-order valence-corrected chi connectivity index (χ3v) is 5.10. The molecule has 1 aromatic carbocycles. The summed E-state index contributed by atoms with van der Waals surface area (Å²) < 4.78 is 2.99. The molecule has 25 heavy (non-hydrogen) atoms. The Kier molecular flexibility index (Phi) is 4.10. The molecule has 0 unspecified atom stereocenters. The second kappa shape index (κ2) is 6.42. The molecule has 5 nitrogen and oxygen atoms in total. The molecule has 4 aromatic rings. The first-order valence-corrected chi connectivity index (χ1v) is 9.24. The molecule has 1 N–H and O–H groups in total. The zero-order valence-electron chi connectivity index (χ0n) is 13.2. The van der Waals surface area contributed by atoms with Crippen molar-refractivity contribution in [2.45, 2.75) is 6.92 Å². The first-order valence-electron chi connectivity index (χ1n) is 7.57. The van der Waals surface area contributed by atoms with Crippen LogP contribution in [0.15, 0.2) is 58.6 Å². The summed E-state index contributed by atoms with van der Waals surface area (Å²) in [5.74, 6) is -0.165. The Morgan fingerprint density at radius 2 is 2.00 bits per heavy atom. The summed E-state index contributed by atoms with van der Waals surface area (Å²) >= 11 is 4.90. The number of aromatic nitrogens is 3. The van der Waals surface area contributed by atoms with E-state index in [4.69, 9.17) is 0 Å². The number of imidazole rings is 1. The van der Waals surface area contributed by atoms with E-state index in [0.717, 1.165) is 27.1 Å². The number of halogens is 1. The van der Waals surface area contributed by atoms with E-state index in [0.29, 0.717) is 10.7 Å². The molecule has 124 valence electrons. The molecular formula is C18H13BrN4OS. The third kappa shape index (κ3) is 3.20. The zero-order chi connectivity index (χ0) is 17.4. The lowest BCUT2D eigenvalue weighted by Crippen LogP contribution is -2.11. The van der Waals surface area contributed by atoms with E-state index in [1.54, 1.807) is 0 Å². The molecule has 0 radical (unpaired) electrons. The molecule has 0 saturated heterocycles. The van der Waals surface area contributed by atoms with E-state index in [1.165, 1.54) is 11.3 Å². The van der Waals surface area contributed by atoms with Gasteiger partial charge in [-0.05, 0) is 47.1 Å². The fourth-order valence-corrected chi connectivity index (χ4v) is 3.56. The molecule has 0 saturated carbocycles. The number of thiazole rings is 1. The number of hydrogen-bond acceptors (Lipinski definition) is 4. The number of carbonyl (C=O) groups excluding carboxylic acids is 1. The number of benzene rings is 1. The largest absolute Gasteiger partial charge is 0.299 e. The van der Waals surface area contributed by atoms with Crippen molar-refractivity contribution in [1.29, 1.82) is 0 Å². The van der Waals surface area contributed by atoms with E-state index < -0.39 is 0 Å². The van der Waals surface area contributed by atoms with Gasteiger partial charge in [-0.2, -0.15) is 0 Å². The molecule has 0 aliphatic rings. The number of aryl methyl sites for hydroxylation is 1. The quantitative estimate of drug-likeness (QED) is 0.526. The summed E-state index contributed by atoms with van der Waals surface area (Å²) in [6.07, 6.45) is 3.80. The average molecular weight is 413 g/mol. The molecule has 0 atom stereocenters. The van der Waals surface area contributed by atoms with E-state index in [1.807, 2.05) is 65.5 Å². The van der Waals surface area contributed by atoms with Gasteiger partial charge in [-0.3, -0.25) is 14.5 Å². The van der Waals surface area contributed by atoms with Crippen molar-refractivity contribution < 1.29 is 4.79 Å². The number of anilines is 1. The maximum Gasteiger partial charge on any atom is 0.257 e. The molecule has 0 aliphatic carbocycles. The van der Waals surface area contributed by atoms with E-state index in [-0.39, 0.29) is 5.91 Å². The highest BCUT2D eigenvalue weighted by Crippen LogP contribution is 2.23. The topological polar surface area (TPSA) is 59.3 Å². The third-order valence-electron chi connectivity index (χ3n) is 3.75. The Hall–Kier alpha value is -2.51. The van der Waals surface area contributed by atoms with Crippen LogP contribution in [0.3, 0.4) is 0 Å². The van der Waals surface area contributed by atoms with Gasteiger partial charge >= 0.3 is 0 Å². The van der Waals surface area contributed by atoms with Crippen molar-refractivity contribution in [2.75, 3.05) is 5.32 Å². The first kappa shape index (κ1) is 16.0. The molecule has 1 amide bonds. The Bertz CT molecular complexity index is 1070. The lowest BCUT2D eigenvalue weighted by Gasteiger charge is -2.05. The molecule has 7 heteroatoms. The molecule has 0 spiro atoms. The minimum atomic E-state index is -0.165. The first-order chi connectivity index (χ1) is 12.1. The normalized spacial score (nSPS) is 11.0. The summed E-state index contributed by atoms with van der Waals surface area (Å²) in [5, 5.41) is 5.33. The number of amides is 1. The van der Waals surface area contributed by atoms with Crippen LogP contribution in [0, 0.1) is 6.92 Å². The van der Waals surface area contributed by atoms with Crippen molar-refractivity contribution in [3.8, 4) is 11.3 Å². The van der Waals surface area contributed by atoms with Crippen molar-refractivity contribution in [1.82, 2.24) is 14.4 Å². The van der Waals surface area contributed by atoms with Crippen LogP contribution in [0.2, 0.25) is 0 Å². The highest BCUT2D eigenvalue weighted by atomic mass is 79.9. The zero-order valence-corrected chi connectivity index (χ0v) is 15.6. The number of fused-ring (bicyclic) bond motifs is 1. The van der Waals surface area contributed by atoms with Gasteiger partial charge in [0.25, 0.3) is 5.91 Å². The Labute approximate surface area is 156 Å². The van der Waals surface area contributed by atoms with Gasteiger partial charge in [0.1, 0.15) is 5.65 Å². The standard InChI is InChI=1S/C18H13BrN4OS/c1-11-10-25-18(21-11)22-17(24)13-4-2-12(3-5-13)15-8-20-16-7-6-14(19)9-23(15)16/h2-10H,1H3,(H,21,22,24). The molecule has 4 rings (SSSR count). The number of rotatable bonds is 3. The highest BCUT2D eigenvalue weighted by Gasteiger charge is 2.10. The molecule has 3 aromatic heterocycles. The summed E-state index contributed by atoms with van der Waals surface area (Å²) in [5.41, 5.74) is 4.33. The monoisotopic (exact) mass is 412 g/mol. The predicted molar refractivity (Wildman–Crippen MR) is 103 cm³/mol. The van der Waals surface area contributed by atoms with E-state index >= 15 is 0 Å². The van der Waals surface area contributed by atoms with E-state index in [2.05, 4.69) is 31.2 Å². The number of nitrogens with one attached hydrogen (secondary N) is 1. The maximum absolute atomic E-state index is 12.3. The van der Waals surface area contributed by atoms with Crippen molar-refractivity contribution >= 4 is 44.0 Å². The summed E-state index contributed by atoms with van der Waals surface area (Å²) in [4.78, 5) is 21.0. The summed E-state index contributed by atoms with van der Waals surface area (Å²) in [6, 6.07) is 11.4. The van der Waals surface area contributed by atoms with Gasteiger partial charge in [0, 0.05) is 27.2 Å². The SMILES string of the molecule is Cc1csc(NC(=O)c2ccc(-c3cnc4ccc(Br)cn34)cc2)n1. The second-order valence-corrected chi connectivity index (χ2v) is 7.32. The van der Waals surface area contributed by atoms with Gasteiger partial charge in [0.2, 0.25) is 0 Å². The molecule has 0 bridgehead atoms. The maximum atomic E-state index is 12.3. The number of nitrogens with zero attached hydrogens (tertiary/aromatic N) is 3. The van der Waals surface area contributed by atoms with Crippen LogP contribution in [0.25, 0.3) is 16.9 Å². The minimum absolute atomic E-state index is 0.165. The number of carbonyl (C=O) groups is 1. The summed E-state index contributed by atoms with van der Waals surface area (Å²) in [7, 11) is 0. The van der Waals surface area contributed by atoms with Crippen LogP contribution < -0.4 is 5.32 Å². The van der Waals surface area contributed by atoms with Crippen LogP contribution in [0.1, 0.15) is 16.1 Å². The van der Waals surface area contributed by atoms with Crippen molar-refractivity contribution in [3.63, 3.8) is 0 Å². The fourth-order valence-electron chi connectivity index (χ4n) is 2.54. The van der Waals surface area contributed by atoms with Crippen molar-refractivity contribution in [3.05, 3.63) is 69.9 Å². The van der Waals surface area contributed by atoms with E-state index in [9.17, 15) is 4.79 Å².